The summed E-state index contributed by atoms with van der Waals surface area (Å²) in [5, 5.41) is 2.65. The number of nitrogens with zero attached hydrogens (tertiary/aromatic N) is 2. The van der Waals surface area contributed by atoms with Crippen LogP contribution in [0.5, 0.6) is 0 Å². The van der Waals surface area contributed by atoms with E-state index in [9.17, 15) is 19.2 Å². The summed E-state index contributed by atoms with van der Waals surface area (Å²) in [6, 6.07) is 6.58. The Labute approximate surface area is 163 Å². The van der Waals surface area contributed by atoms with Crippen molar-refractivity contribution < 1.29 is 23.9 Å². The molecule has 0 aliphatic carbocycles. The number of hydrogen-bond acceptors (Lipinski definition) is 5. The maximum absolute atomic E-state index is 12.8. The van der Waals surface area contributed by atoms with Crippen molar-refractivity contribution in [2.24, 2.45) is 0 Å². The minimum Gasteiger partial charge on any atom is -0.451 e. The van der Waals surface area contributed by atoms with Gasteiger partial charge in [-0.1, -0.05) is 29.8 Å². The first-order chi connectivity index (χ1) is 13.2. The van der Waals surface area contributed by atoms with E-state index in [0.717, 1.165) is 23.3 Å². The van der Waals surface area contributed by atoms with Crippen LogP contribution in [0.3, 0.4) is 0 Å². The SMILES string of the molecule is Cc1ccc([C@]2(C)NC(=O)N(CC(=O)O[C@H](C)C(=O)N3CCCC3)C2=O)cc1. The van der Waals surface area contributed by atoms with Gasteiger partial charge in [0.1, 0.15) is 12.1 Å². The summed E-state index contributed by atoms with van der Waals surface area (Å²) in [7, 11) is 0. The number of hydrogen-bond donors (Lipinski definition) is 1. The predicted molar refractivity (Wildman–Crippen MR) is 100 cm³/mol. The molecule has 8 nitrogen and oxygen atoms in total. The Morgan fingerprint density at radius 2 is 1.79 bits per heavy atom. The standard InChI is InChI=1S/C20H25N3O5/c1-13-6-8-15(9-7-13)20(3)18(26)23(19(27)21-20)12-16(24)28-14(2)17(25)22-10-4-5-11-22/h6-9,14H,4-5,10-12H2,1-3H3,(H,21,27)/t14-,20+/m1/s1. The quantitative estimate of drug-likeness (QED) is 0.607. The largest absolute Gasteiger partial charge is 0.451 e. The van der Waals surface area contributed by atoms with E-state index in [1.807, 2.05) is 19.1 Å². The number of likely N-dealkylation sites (tertiary alicyclic amines) is 1. The second-order valence-electron chi connectivity index (χ2n) is 7.48. The van der Waals surface area contributed by atoms with Crippen molar-refractivity contribution in [3.63, 3.8) is 0 Å². The van der Waals surface area contributed by atoms with Gasteiger partial charge in [-0.2, -0.15) is 0 Å². The summed E-state index contributed by atoms with van der Waals surface area (Å²) >= 11 is 0. The summed E-state index contributed by atoms with van der Waals surface area (Å²) in [4.78, 5) is 52.1. The van der Waals surface area contributed by atoms with E-state index in [0.29, 0.717) is 18.7 Å². The second-order valence-corrected chi connectivity index (χ2v) is 7.48. The van der Waals surface area contributed by atoms with E-state index in [2.05, 4.69) is 5.32 Å². The third-order valence-electron chi connectivity index (χ3n) is 5.26. The van der Waals surface area contributed by atoms with Crippen LogP contribution in [-0.4, -0.2) is 59.4 Å². The average molecular weight is 387 g/mol. The summed E-state index contributed by atoms with van der Waals surface area (Å²) in [6.45, 7) is 5.80. The molecule has 2 atom stereocenters. The van der Waals surface area contributed by atoms with Gasteiger partial charge in [0, 0.05) is 13.1 Å². The van der Waals surface area contributed by atoms with Gasteiger partial charge in [0.15, 0.2) is 6.10 Å². The molecule has 4 amide bonds. The molecule has 0 unspecified atom stereocenters. The number of urea groups is 1. The fraction of sp³-hybridized carbons (Fsp3) is 0.500. The van der Waals surface area contributed by atoms with Crippen molar-refractivity contribution in [2.45, 2.75) is 45.3 Å². The lowest BCUT2D eigenvalue weighted by molar-refractivity contribution is -0.160. The van der Waals surface area contributed by atoms with Crippen LogP contribution in [0, 0.1) is 6.92 Å². The predicted octanol–water partition coefficient (Wildman–Crippen LogP) is 1.32. The highest BCUT2D eigenvalue weighted by molar-refractivity contribution is 6.08. The van der Waals surface area contributed by atoms with Crippen molar-refractivity contribution in [3.05, 3.63) is 35.4 Å². The maximum Gasteiger partial charge on any atom is 0.327 e. The molecule has 8 heteroatoms. The third kappa shape index (κ3) is 3.72. The zero-order valence-corrected chi connectivity index (χ0v) is 16.4. The van der Waals surface area contributed by atoms with E-state index in [-0.39, 0.29) is 5.91 Å². The van der Waals surface area contributed by atoms with Crippen LogP contribution >= 0.6 is 0 Å². The lowest BCUT2D eigenvalue weighted by Gasteiger charge is -2.23. The molecule has 0 aromatic heterocycles. The summed E-state index contributed by atoms with van der Waals surface area (Å²) in [6.07, 6.45) is 0.925. The molecule has 3 rings (SSSR count). The zero-order valence-electron chi connectivity index (χ0n) is 16.4. The van der Waals surface area contributed by atoms with Crippen LogP contribution in [0.2, 0.25) is 0 Å². The first-order valence-corrected chi connectivity index (χ1v) is 9.42. The van der Waals surface area contributed by atoms with Gasteiger partial charge in [0.2, 0.25) is 0 Å². The lowest BCUT2D eigenvalue weighted by Crippen LogP contribution is -2.43. The van der Waals surface area contributed by atoms with Crippen molar-refractivity contribution in [3.8, 4) is 0 Å². The van der Waals surface area contributed by atoms with E-state index in [1.54, 1.807) is 24.0 Å². The lowest BCUT2D eigenvalue weighted by atomic mass is 9.91. The molecule has 0 saturated carbocycles. The number of carbonyl (C=O) groups is 4. The zero-order chi connectivity index (χ0) is 20.5. The Morgan fingerprint density at radius 1 is 1.18 bits per heavy atom. The normalized spacial score (nSPS) is 23.0. The molecule has 0 spiro atoms. The molecule has 2 fully saturated rings. The monoisotopic (exact) mass is 387 g/mol. The topological polar surface area (TPSA) is 96.0 Å². The van der Waals surface area contributed by atoms with Crippen LogP contribution in [-0.2, 0) is 24.7 Å². The molecule has 150 valence electrons. The third-order valence-corrected chi connectivity index (χ3v) is 5.26. The number of carbonyl (C=O) groups excluding carboxylic acids is 4. The molecule has 2 aliphatic heterocycles. The first-order valence-electron chi connectivity index (χ1n) is 9.42. The molecule has 28 heavy (non-hydrogen) atoms. The van der Waals surface area contributed by atoms with Crippen molar-refractivity contribution >= 4 is 23.8 Å². The molecule has 0 bridgehead atoms. The molecule has 2 saturated heterocycles. The Bertz CT molecular complexity index is 801. The van der Waals surface area contributed by atoms with Gasteiger partial charge in [-0.3, -0.25) is 19.3 Å². The Kier molecular flexibility index (Phi) is 5.40. The molecule has 1 aromatic rings. The number of imide groups is 1. The molecule has 2 heterocycles. The summed E-state index contributed by atoms with van der Waals surface area (Å²) < 4.78 is 5.17. The van der Waals surface area contributed by atoms with Gasteiger partial charge in [-0.05, 0) is 39.2 Å². The van der Waals surface area contributed by atoms with Gasteiger partial charge in [0.05, 0.1) is 0 Å². The van der Waals surface area contributed by atoms with Gasteiger partial charge >= 0.3 is 12.0 Å². The summed E-state index contributed by atoms with van der Waals surface area (Å²) in [5.74, 6) is -1.58. The van der Waals surface area contributed by atoms with E-state index in [1.165, 1.54) is 6.92 Å². The van der Waals surface area contributed by atoms with E-state index < -0.39 is 36.1 Å². The average Bonchev–Trinajstić information content (AvgIpc) is 3.25. The molecule has 2 aliphatic rings. The van der Waals surface area contributed by atoms with Crippen molar-refractivity contribution in [2.75, 3.05) is 19.6 Å². The molecule has 0 radical (unpaired) electrons. The minimum absolute atomic E-state index is 0.257. The Hall–Kier alpha value is -2.90. The van der Waals surface area contributed by atoms with Crippen LogP contribution in [0.15, 0.2) is 24.3 Å². The molecule has 1 N–H and O–H groups in total. The molecular formula is C20H25N3O5. The fourth-order valence-electron chi connectivity index (χ4n) is 3.53. The highest BCUT2D eigenvalue weighted by atomic mass is 16.5. The minimum atomic E-state index is -1.25. The highest BCUT2D eigenvalue weighted by Gasteiger charge is 2.49. The number of rotatable bonds is 5. The number of esters is 1. The highest BCUT2D eigenvalue weighted by Crippen LogP contribution is 2.29. The van der Waals surface area contributed by atoms with E-state index in [4.69, 9.17) is 4.74 Å². The number of nitrogens with one attached hydrogen (secondary N) is 1. The van der Waals surface area contributed by atoms with Crippen LogP contribution in [0.25, 0.3) is 0 Å². The number of aryl methyl sites for hydroxylation is 1. The molecular weight excluding hydrogens is 362 g/mol. The number of ether oxygens (including phenoxy) is 1. The number of amides is 4. The fourth-order valence-corrected chi connectivity index (χ4v) is 3.53. The van der Waals surface area contributed by atoms with Gasteiger partial charge in [0.25, 0.3) is 11.8 Å². The van der Waals surface area contributed by atoms with Gasteiger partial charge in [-0.15, -0.1) is 0 Å². The smallest absolute Gasteiger partial charge is 0.327 e. The van der Waals surface area contributed by atoms with Crippen LogP contribution in [0.1, 0.15) is 37.8 Å². The second kappa shape index (κ2) is 7.61. The number of benzene rings is 1. The van der Waals surface area contributed by atoms with Crippen molar-refractivity contribution in [1.82, 2.24) is 15.1 Å². The van der Waals surface area contributed by atoms with Gasteiger partial charge < -0.3 is 15.0 Å². The van der Waals surface area contributed by atoms with E-state index >= 15 is 0 Å². The summed E-state index contributed by atoms with van der Waals surface area (Å²) in [5.41, 5.74) is 0.410. The molecule has 1 aromatic carbocycles. The van der Waals surface area contributed by atoms with Crippen LogP contribution < -0.4 is 5.32 Å². The first kappa shape index (κ1) is 19.9. The Balaban J connectivity index is 1.64. The van der Waals surface area contributed by atoms with Gasteiger partial charge in [-0.25, -0.2) is 4.79 Å². The van der Waals surface area contributed by atoms with Crippen LogP contribution in [0.4, 0.5) is 4.79 Å². The van der Waals surface area contributed by atoms with Crippen molar-refractivity contribution in [1.29, 1.82) is 0 Å². The maximum atomic E-state index is 12.8. The Morgan fingerprint density at radius 3 is 2.39 bits per heavy atom.